The Morgan fingerprint density at radius 2 is 1.01 bits per heavy atom. The fourth-order valence-corrected chi connectivity index (χ4v) is 17.3. The molecular formula is C50H90N4O13Si2. The van der Waals surface area contributed by atoms with Crippen molar-refractivity contribution in [1.82, 2.24) is 21.3 Å². The molecule has 2 aliphatic carbocycles. The molecule has 0 aromatic rings. The molecule has 4 N–H and O–H groups in total. The van der Waals surface area contributed by atoms with Crippen LogP contribution < -0.4 is 21.3 Å². The van der Waals surface area contributed by atoms with Gasteiger partial charge >= 0.3 is 30.2 Å². The minimum absolute atomic E-state index is 0.0281. The van der Waals surface area contributed by atoms with Gasteiger partial charge in [0.15, 0.2) is 8.32 Å². The van der Waals surface area contributed by atoms with Crippen LogP contribution in [-0.4, -0.2) is 130 Å². The molecule has 0 bridgehead atoms. The predicted molar refractivity (Wildman–Crippen MR) is 272 cm³/mol. The zero-order valence-electron chi connectivity index (χ0n) is 44.8. The second-order valence-corrected chi connectivity index (χ2v) is 33.3. The molecule has 17 nitrogen and oxygen atoms in total. The number of nitrogens with one attached hydrogen (secondary N) is 4. The average molecular weight is 1010 g/mol. The molecule has 0 spiro atoms. The molecule has 2 fully saturated rings. The third kappa shape index (κ3) is 25.7. The van der Waals surface area contributed by atoms with Crippen LogP contribution in [0, 0.1) is 21.7 Å². The van der Waals surface area contributed by atoms with Crippen molar-refractivity contribution in [2.45, 2.75) is 176 Å². The van der Waals surface area contributed by atoms with Gasteiger partial charge in [0, 0.05) is 54.6 Å². The average Bonchev–Trinajstić information content (AvgIpc) is 3.16. The van der Waals surface area contributed by atoms with Gasteiger partial charge in [0.2, 0.25) is 5.91 Å². The van der Waals surface area contributed by atoms with Gasteiger partial charge in [-0.25, -0.2) is 24.0 Å². The molecule has 2 saturated carbocycles. The first-order valence-electron chi connectivity index (χ1n) is 24.6. The molecule has 0 aromatic carbocycles. The third-order valence-electron chi connectivity index (χ3n) is 12.3. The zero-order valence-corrected chi connectivity index (χ0v) is 46.8. The van der Waals surface area contributed by atoms with Crippen LogP contribution >= 0.6 is 0 Å². The van der Waals surface area contributed by atoms with Crippen molar-refractivity contribution in [3.05, 3.63) is 24.3 Å². The van der Waals surface area contributed by atoms with Crippen LogP contribution in [0.3, 0.4) is 0 Å². The Kier molecular flexibility index (Phi) is 23.5. The van der Waals surface area contributed by atoms with Crippen molar-refractivity contribution < 1.29 is 61.6 Å². The van der Waals surface area contributed by atoms with Gasteiger partial charge in [-0.3, -0.25) is 4.79 Å². The van der Waals surface area contributed by atoms with Crippen molar-refractivity contribution in [3.8, 4) is 0 Å². The summed E-state index contributed by atoms with van der Waals surface area (Å²) < 4.78 is 38.5. The lowest BCUT2D eigenvalue weighted by Gasteiger charge is -2.47. The number of hydrogen-bond acceptors (Lipinski definition) is 13. The number of carbonyl (C=O) groups is 6. The quantitative estimate of drug-likeness (QED) is 0.0199. The number of hydrogen-bond donors (Lipinski definition) is 4. The number of ether oxygens (including phenoxy) is 6. The number of alkyl carbamates (subject to hydrolysis) is 3. The largest absolute Gasteiger partial charge is 0.459 e. The van der Waals surface area contributed by atoms with Gasteiger partial charge in [-0.2, -0.15) is 0 Å². The normalized spacial score (nSPS) is 22.2. The van der Waals surface area contributed by atoms with E-state index in [1.165, 1.54) is 0 Å². The lowest BCUT2D eigenvalue weighted by molar-refractivity contribution is -0.140. The highest BCUT2D eigenvalue weighted by molar-refractivity contribution is 6.80. The molecule has 19 heteroatoms. The second-order valence-electron chi connectivity index (χ2n) is 24.0. The Hall–Kier alpha value is -3.95. The monoisotopic (exact) mass is 1010 g/mol. The van der Waals surface area contributed by atoms with Crippen molar-refractivity contribution in [2.75, 3.05) is 59.3 Å². The zero-order chi connectivity index (χ0) is 52.5. The lowest BCUT2D eigenvalue weighted by atomic mass is 9.62. The first kappa shape index (κ1) is 61.2. The van der Waals surface area contributed by atoms with Gasteiger partial charge < -0.3 is 54.1 Å². The van der Waals surface area contributed by atoms with Gasteiger partial charge in [0.25, 0.3) is 0 Å². The van der Waals surface area contributed by atoms with Gasteiger partial charge in [-0.15, -0.1) is 0 Å². The molecule has 0 aliphatic heterocycles. The Morgan fingerprint density at radius 3 is 1.48 bits per heavy atom. The van der Waals surface area contributed by atoms with Crippen molar-refractivity contribution >= 4 is 52.5 Å². The Bertz CT molecular complexity index is 1790. The summed E-state index contributed by atoms with van der Waals surface area (Å²) in [5.74, 6) is -1.01. The Balaban J connectivity index is 1.72. The molecule has 396 valence electrons. The van der Waals surface area contributed by atoms with E-state index >= 15 is 0 Å². The maximum absolute atomic E-state index is 13.6. The van der Waals surface area contributed by atoms with E-state index in [4.69, 9.17) is 32.8 Å². The minimum Gasteiger partial charge on any atom is -0.459 e. The van der Waals surface area contributed by atoms with E-state index in [2.05, 4.69) is 116 Å². The maximum Gasteiger partial charge on any atom is 0.407 e. The molecule has 69 heavy (non-hydrogen) atoms. The molecule has 0 aromatic heterocycles. The van der Waals surface area contributed by atoms with Crippen LogP contribution in [0.4, 0.5) is 14.4 Å². The van der Waals surface area contributed by atoms with E-state index in [9.17, 15) is 28.8 Å². The molecule has 4 amide bonds. The highest BCUT2D eigenvalue weighted by Crippen LogP contribution is 2.47. The molecule has 2 rings (SSSR count). The molecule has 0 heterocycles. The van der Waals surface area contributed by atoms with Gasteiger partial charge in [-0.1, -0.05) is 67.8 Å². The maximum atomic E-state index is 13.6. The fraction of sp³-hybridized carbons (Fsp3) is 0.800. The van der Waals surface area contributed by atoms with Crippen molar-refractivity contribution in [1.29, 1.82) is 0 Å². The SMILES string of the molecule is C=C(C)C(=O)OCCOC(=O)NCC1(C)CC(NC(=O)C[Si](C)(C)CC(C)(C)O[Si](C)(C)CCCOCCOC(=O)NC2CC(C)(C)CC(C)(CNC(=O)OCCOC(=O)C(=C)C)C2)CC(C)(C)C1. The number of rotatable bonds is 27. The summed E-state index contributed by atoms with van der Waals surface area (Å²) in [6.45, 7) is 37.7. The van der Waals surface area contributed by atoms with Crippen molar-refractivity contribution in [3.63, 3.8) is 0 Å². The van der Waals surface area contributed by atoms with E-state index in [1.54, 1.807) is 13.8 Å². The summed E-state index contributed by atoms with van der Waals surface area (Å²) in [6.07, 6.45) is 3.83. The number of esters is 2. The molecule has 0 radical (unpaired) electrons. The number of carbonyl (C=O) groups excluding carboxylic acids is 6. The van der Waals surface area contributed by atoms with E-state index < -0.39 is 52.2 Å². The molecule has 2 aliphatic rings. The summed E-state index contributed by atoms with van der Waals surface area (Å²) >= 11 is 0. The van der Waals surface area contributed by atoms with Crippen LogP contribution in [-0.2, 0) is 47.2 Å². The standard InChI is InChI=1S/C50H90N4O13Si2/c1-36(2)41(56)62-21-23-64-43(58)51-33-49(11)28-38(26-46(5,6)31-49)53-40(55)30-68(13,14)35-48(9,10)67-69(15,16)25-17-18-61-19-20-66-45(60)54-39-27-47(7,8)32-50(12,29-39)34-52-44(59)65-24-22-63-42(57)37(3)4/h38-39H,1,3,17-35H2,2,4-16H3,(H,51,58)(H,52,59)(H,53,55)(H,54,60). The first-order valence-corrected chi connectivity index (χ1v) is 31.1. The topological polar surface area (TPSA) is 215 Å². The van der Waals surface area contributed by atoms with E-state index in [0.29, 0.717) is 32.2 Å². The summed E-state index contributed by atoms with van der Waals surface area (Å²) in [5.41, 5.74) is -0.541. The van der Waals surface area contributed by atoms with Crippen LogP contribution in [0.1, 0.15) is 114 Å². The second kappa shape index (κ2) is 26.5. The van der Waals surface area contributed by atoms with E-state index in [-0.39, 0.29) is 90.4 Å². The Morgan fingerprint density at radius 1 is 0.594 bits per heavy atom. The lowest BCUT2D eigenvalue weighted by Crippen LogP contribution is -2.52. The predicted octanol–water partition coefficient (Wildman–Crippen LogP) is 8.81. The molecule has 0 saturated heterocycles. The number of amides is 4. The van der Waals surface area contributed by atoms with E-state index in [1.807, 2.05) is 0 Å². The third-order valence-corrected chi connectivity index (χ3v) is 18.1. The molecular weight excluding hydrogens is 921 g/mol. The fourth-order valence-electron chi connectivity index (χ4n) is 11.1. The highest BCUT2D eigenvalue weighted by Gasteiger charge is 2.44. The summed E-state index contributed by atoms with van der Waals surface area (Å²) in [7, 11) is -4.16. The van der Waals surface area contributed by atoms with Crippen LogP contribution in [0.5, 0.6) is 0 Å². The molecule has 4 unspecified atom stereocenters. The smallest absolute Gasteiger partial charge is 0.407 e. The summed E-state index contributed by atoms with van der Waals surface area (Å²) in [5, 5.41) is 12.1. The minimum atomic E-state index is -2.11. The highest BCUT2D eigenvalue weighted by atomic mass is 28.4. The molecule has 4 atom stereocenters. The first-order chi connectivity index (χ1) is 31.6. The van der Waals surface area contributed by atoms with Gasteiger partial charge in [0.05, 0.1) is 14.7 Å². The van der Waals surface area contributed by atoms with Crippen LogP contribution in [0.25, 0.3) is 0 Å². The van der Waals surface area contributed by atoms with Crippen LogP contribution in [0.2, 0.25) is 44.3 Å². The Labute approximate surface area is 415 Å². The van der Waals surface area contributed by atoms with Crippen LogP contribution in [0.15, 0.2) is 24.3 Å². The van der Waals surface area contributed by atoms with Crippen molar-refractivity contribution in [2.24, 2.45) is 21.7 Å². The summed E-state index contributed by atoms with van der Waals surface area (Å²) in [6, 6.07) is 2.03. The van der Waals surface area contributed by atoms with Gasteiger partial charge in [-0.05, 0) is 119 Å². The van der Waals surface area contributed by atoms with E-state index in [0.717, 1.165) is 50.6 Å². The summed E-state index contributed by atoms with van der Waals surface area (Å²) in [4.78, 5) is 74.3. The van der Waals surface area contributed by atoms with Gasteiger partial charge in [0.1, 0.15) is 33.0 Å².